The molecule has 144 valence electrons. The van der Waals surface area contributed by atoms with Crippen molar-refractivity contribution >= 4 is 0 Å². The summed E-state index contributed by atoms with van der Waals surface area (Å²) >= 11 is 0. The highest BCUT2D eigenvalue weighted by atomic mass is 16.3. The lowest BCUT2D eigenvalue weighted by Gasteiger charge is -2.32. The molecule has 1 aliphatic heterocycles. The van der Waals surface area contributed by atoms with Gasteiger partial charge in [-0.25, -0.2) is 0 Å². The van der Waals surface area contributed by atoms with Gasteiger partial charge in [0.05, 0.1) is 0 Å². The molecule has 0 aromatic carbocycles. The number of likely N-dealkylation sites (tertiary alicyclic amines) is 1. The molecule has 1 rings (SSSR count). The van der Waals surface area contributed by atoms with Crippen molar-refractivity contribution in [2.75, 3.05) is 33.2 Å². The third kappa shape index (κ3) is 8.31. The van der Waals surface area contributed by atoms with E-state index in [2.05, 4.69) is 44.5 Å². The Bertz CT molecular complexity index is 302. The number of piperidine rings is 1. The number of aliphatic hydroxyl groups excluding tert-OH is 1. The summed E-state index contributed by atoms with van der Waals surface area (Å²) in [5.41, 5.74) is 0. The average Bonchev–Trinajstić information content (AvgIpc) is 2.59. The molecular weight excluding hydrogens is 296 g/mol. The second-order valence-electron chi connectivity index (χ2n) is 8.41. The van der Waals surface area contributed by atoms with Crippen LogP contribution < -0.4 is 0 Å². The van der Waals surface area contributed by atoms with Gasteiger partial charge in [-0.2, -0.15) is 0 Å². The fourth-order valence-electron chi connectivity index (χ4n) is 3.87. The van der Waals surface area contributed by atoms with Crippen molar-refractivity contribution in [1.29, 1.82) is 0 Å². The van der Waals surface area contributed by atoms with Crippen LogP contribution in [0, 0.1) is 17.8 Å². The molecule has 3 nitrogen and oxygen atoms in total. The molecule has 0 bridgehead atoms. The summed E-state index contributed by atoms with van der Waals surface area (Å²) in [6, 6.07) is 0. The van der Waals surface area contributed by atoms with Crippen LogP contribution in [-0.4, -0.2) is 54.4 Å². The third-order valence-corrected chi connectivity index (χ3v) is 6.09. The molecule has 0 aromatic rings. The van der Waals surface area contributed by atoms with Gasteiger partial charge < -0.3 is 10.0 Å². The zero-order valence-corrected chi connectivity index (χ0v) is 17.1. The summed E-state index contributed by atoms with van der Waals surface area (Å²) in [6.45, 7) is 13.6. The minimum Gasteiger partial charge on any atom is -0.378 e. The normalized spacial score (nSPS) is 21.1. The van der Waals surface area contributed by atoms with Crippen LogP contribution in [0.3, 0.4) is 0 Å². The van der Waals surface area contributed by atoms with Gasteiger partial charge in [-0.05, 0) is 70.0 Å². The Hall–Kier alpha value is -0.120. The van der Waals surface area contributed by atoms with E-state index in [1.54, 1.807) is 0 Å². The highest BCUT2D eigenvalue weighted by Crippen LogP contribution is 2.24. The molecule has 3 unspecified atom stereocenters. The number of nitrogens with zero attached hydrogens (tertiary/aromatic N) is 2. The number of rotatable bonds is 12. The van der Waals surface area contributed by atoms with Crippen LogP contribution in [0.1, 0.15) is 79.1 Å². The molecule has 0 amide bonds. The van der Waals surface area contributed by atoms with Gasteiger partial charge in [-0.1, -0.05) is 47.0 Å². The van der Waals surface area contributed by atoms with Crippen LogP contribution in [0.5, 0.6) is 0 Å². The van der Waals surface area contributed by atoms with Gasteiger partial charge in [-0.15, -0.1) is 0 Å². The highest BCUT2D eigenvalue weighted by molar-refractivity contribution is 4.71. The lowest BCUT2D eigenvalue weighted by Crippen LogP contribution is -2.41. The lowest BCUT2D eigenvalue weighted by molar-refractivity contribution is -0.0382. The second-order valence-corrected chi connectivity index (χ2v) is 8.41. The maximum Gasteiger partial charge on any atom is 0.109 e. The van der Waals surface area contributed by atoms with Crippen molar-refractivity contribution in [3.63, 3.8) is 0 Å². The summed E-state index contributed by atoms with van der Waals surface area (Å²) in [5.74, 6) is 2.12. The Balaban J connectivity index is 2.21. The highest BCUT2D eigenvalue weighted by Gasteiger charge is 2.21. The lowest BCUT2D eigenvalue weighted by atomic mass is 9.89. The number of aliphatic hydroxyl groups is 1. The van der Waals surface area contributed by atoms with E-state index in [0.29, 0.717) is 5.92 Å². The zero-order chi connectivity index (χ0) is 17.9. The monoisotopic (exact) mass is 340 g/mol. The summed E-state index contributed by atoms with van der Waals surface area (Å²) in [7, 11) is 2.24. The average molecular weight is 341 g/mol. The molecule has 0 saturated carbocycles. The largest absolute Gasteiger partial charge is 0.378 e. The fraction of sp³-hybridized carbons (Fsp3) is 1.00. The Labute approximate surface area is 151 Å². The van der Waals surface area contributed by atoms with E-state index in [9.17, 15) is 5.11 Å². The maximum absolute atomic E-state index is 10.5. The van der Waals surface area contributed by atoms with Crippen LogP contribution in [0.4, 0.5) is 0 Å². The first-order valence-electron chi connectivity index (χ1n) is 10.6. The predicted octanol–water partition coefficient (Wildman–Crippen LogP) is 4.60. The minimum absolute atomic E-state index is 0.263. The smallest absolute Gasteiger partial charge is 0.109 e. The molecule has 24 heavy (non-hydrogen) atoms. The van der Waals surface area contributed by atoms with E-state index in [1.165, 1.54) is 51.6 Å². The first-order chi connectivity index (χ1) is 11.5. The van der Waals surface area contributed by atoms with Gasteiger partial charge in [0.2, 0.25) is 0 Å². The Morgan fingerprint density at radius 2 is 1.75 bits per heavy atom. The van der Waals surface area contributed by atoms with Crippen LogP contribution >= 0.6 is 0 Å². The van der Waals surface area contributed by atoms with Crippen molar-refractivity contribution < 1.29 is 5.11 Å². The predicted molar refractivity (Wildman–Crippen MR) is 105 cm³/mol. The van der Waals surface area contributed by atoms with E-state index in [4.69, 9.17) is 0 Å². The molecule has 3 atom stereocenters. The summed E-state index contributed by atoms with van der Waals surface area (Å²) in [6.07, 6.45) is 10.1. The Morgan fingerprint density at radius 1 is 1.08 bits per heavy atom. The van der Waals surface area contributed by atoms with Crippen molar-refractivity contribution in [2.45, 2.75) is 85.3 Å². The van der Waals surface area contributed by atoms with Gasteiger partial charge in [0.25, 0.3) is 0 Å². The molecule has 0 aromatic heterocycles. The maximum atomic E-state index is 10.5. The van der Waals surface area contributed by atoms with Crippen LogP contribution in [0.2, 0.25) is 0 Å². The summed E-state index contributed by atoms with van der Waals surface area (Å²) in [5, 5.41) is 10.5. The molecule has 1 saturated heterocycles. The first kappa shape index (κ1) is 21.9. The summed E-state index contributed by atoms with van der Waals surface area (Å²) in [4.78, 5) is 4.77. The van der Waals surface area contributed by atoms with E-state index >= 15 is 0 Å². The molecule has 1 aliphatic rings. The van der Waals surface area contributed by atoms with Crippen molar-refractivity contribution in [3.8, 4) is 0 Å². The topological polar surface area (TPSA) is 26.7 Å². The minimum atomic E-state index is -0.263. The second kappa shape index (κ2) is 12.3. The van der Waals surface area contributed by atoms with Crippen molar-refractivity contribution in [1.82, 2.24) is 9.80 Å². The third-order valence-electron chi connectivity index (χ3n) is 6.09. The fourth-order valence-corrected chi connectivity index (χ4v) is 3.87. The molecule has 3 heteroatoms. The van der Waals surface area contributed by atoms with Crippen LogP contribution in [0.15, 0.2) is 0 Å². The van der Waals surface area contributed by atoms with Gasteiger partial charge >= 0.3 is 0 Å². The summed E-state index contributed by atoms with van der Waals surface area (Å²) < 4.78 is 0. The van der Waals surface area contributed by atoms with E-state index in [1.807, 2.05) is 0 Å². The number of hydrogen-bond acceptors (Lipinski definition) is 3. The van der Waals surface area contributed by atoms with Gasteiger partial charge in [0, 0.05) is 13.1 Å². The van der Waals surface area contributed by atoms with E-state index in [0.717, 1.165) is 37.8 Å². The van der Waals surface area contributed by atoms with Crippen molar-refractivity contribution in [3.05, 3.63) is 0 Å². The van der Waals surface area contributed by atoms with Crippen LogP contribution in [-0.2, 0) is 0 Å². The molecule has 0 radical (unpaired) electrons. The molecule has 0 spiro atoms. The SMILES string of the molecule is CCCN(CCC(C)CCCC1CCN(C)CC1)C(O)C(C)CC. The van der Waals surface area contributed by atoms with Crippen molar-refractivity contribution in [2.24, 2.45) is 17.8 Å². The van der Waals surface area contributed by atoms with Gasteiger partial charge in [0.1, 0.15) is 6.23 Å². The van der Waals surface area contributed by atoms with Crippen LogP contribution in [0.25, 0.3) is 0 Å². The number of hydrogen-bond donors (Lipinski definition) is 1. The van der Waals surface area contributed by atoms with E-state index < -0.39 is 0 Å². The van der Waals surface area contributed by atoms with E-state index in [-0.39, 0.29) is 6.23 Å². The zero-order valence-electron chi connectivity index (χ0n) is 17.1. The standard InChI is InChI=1S/C21H44N2O/c1-6-14-23(21(24)19(4)7-2)17-11-18(3)9-8-10-20-12-15-22(5)16-13-20/h18-21,24H,6-17H2,1-5H3. The molecule has 1 fully saturated rings. The molecule has 1 N–H and O–H groups in total. The first-order valence-corrected chi connectivity index (χ1v) is 10.6. The van der Waals surface area contributed by atoms with Gasteiger partial charge in [-0.3, -0.25) is 4.90 Å². The molecule has 0 aliphatic carbocycles. The van der Waals surface area contributed by atoms with Gasteiger partial charge in [0.15, 0.2) is 0 Å². The molecule has 1 heterocycles. The Kier molecular flexibility index (Phi) is 11.2. The quantitative estimate of drug-likeness (QED) is 0.526. The Morgan fingerprint density at radius 3 is 2.33 bits per heavy atom. The molecular formula is C21H44N2O.